The van der Waals surface area contributed by atoms with Crippen molar-refractivity contribution in [1.29, 1.82) is 0 Å². The van der Waals surface area contributed by atoms with Crippen LogP contribution < -0.4 is 10.1 Å². The number of esters is 1. The van der Waals surface area contributed by atoms with Gasteiger partial charge in [0.25, 0.3) is 0 Å². The first kappa shape index (κ1) is 19.2. The third kappa shape index (κ3) is 5.20. The Kier molecular flexibility index (Phi) is 5.82. The number of carbonyl (C=O) groups excluding carboxylic acids is 2. The van der Waals surface area contributed by atoms with E-state index in [0.717, 1.165) is 10.9 Å². The number of carbonyl (C=O) groups is 2. The number of aromatic nitrogens is 1. The second kappa shape index (κ2) is 7.86. The van der Waals surface area contributed by atoms with Gasteiger partial charge in [0.15, 0.2) is 0 Å². The number of ether oxygens (including phenoxy) is 3. The van der Waals surface area contributed by atoms with Crippen LogP contribution in [0.3, 0.4) is 0 Å². The summed E-state index contributed by atoms with van der Waals surface area (Å²) in [7, 11) is 2.79. The SMILES string of the molecule is COC(=O)C(=Cc1ccc2nc(OC)ccc2c1)NC(=O)OC(C)(C)C. The molecular weight excluding hydrogens is 336 g/mol. The lowest BCUT2D eigenvalue weighted by molar-refractivity contribution is -0.136. The van der Waals surface area contributed by atoms with E-state index < -0.39 is 17.7 Å². The van der Waals surface area contributed by atoms with Crippen molar-refractivity contribution in [2.75, 3.05) is 14.2 Å². The smallest absolute Gasteiger partial charge is 0.412 e. The molecule has 2 aromatic rings. The van der Waals surface area contributed by atoms with Crippen LogP contribution in [0.15, 0.2) is 36.0 Å². The molecular formula is C19H22N2O5. The summed E-state index contributed by atoms with van der Waals surface area (Å²) < 4.78 is 15.0. The Labute approximate surface area is 152 Å². The molecule has 0 spiro atoms. The number of rotatable bonds is 4. The minimum absolute atomic E-state index is 0.0254. The molecule has 0 aliphatic carbocycles. The van der Waals surface area contributed by atoms with Crippen LogP contribution in [0.1, 0.15) is 26.3 Å². The van der Waals surface area contributed by atoms with Gasteiger partial charge in [-0.2, -0.15) is 0 Å². The number of benzene rings is 1. The molecule has 1 amide bonds. The molecule has 26 heavy (non-hydrogen) atoms. The molecule has 0 unspecified atom stereocenters. The maximum atomic E-state index is 12.0. The van der Waals surface area contributed by atoms with Crippen molar-refractivity contribution in [3.63, 3.8) is 0 Å². The fourth-order valence-electron chi connectivity index (χ4n) is 2.17. The van der Waals surface area contributed by atoms with Crippen LogP contribution in [0.5, 0.6) is 5.88 Å². The van der Waals surface area contributed by atoms with Gasteiger partial charge in [-0.15, -0.1) is 0 Å². The van der Waals surface area contributed by atoms with Gasteiger partial charge in [0.05, 0.1) is 19.7 Å². The van der Waals surface area contributed by atoms with Crippen molar-refractivity contribution >= 4 is 29.0 Å². The molecule has 2 rings (SSSR count). The van der Waals surface area contributed by atoms with E-state index in [1.165, 1.54) is 13.2 Å². The largest absolute Gasteiger partial charge is 0.481 e. The average molecular weight is 358 g/mol. The maximum Gasteiger partial charge on any atom is 0.412 e. The Bertz CT molecular complexity index is 853. The number of alkyl carbamates (subject to hydrolysis) is 1. The van der Waals surface area contributed by atoms with Crippen LogP contribution in [0, 0.1) is 0 Å². The summed E-state index contributed by atoms with van der Waals surface area (Å²) in [5.41, 5.74) is 0.739. The Balaban J connectivity index is 2.32. The van der Waals surface area contributed by atoms with Crippen molar-refractivity contribution in [2.24, 2.45) is 0 Å². The molecule has 0 fully saturated rings. The third-order valence-corrected chi connectivity index (χ3v) is 3.25. The van der Waals surface area contributed by atoms with E-state index in [9.17, 15) is 9.59 Å². The zero-order valence-electron chi connectivity index (χ0n) is 15.5. The number of hydrogen-bond donors (Lipinski definition) is 1. The maximum absolute atomic E-state index is 12.0. The van der Waals surface area contributed by atoms with E-state index >= 15 is 0 Å². The van der Waals surface area contributed by atoms with Gasteiger partial charge in [-0.05, 0) is 50.6 Å². The summed E-state index contributed by atoms with van der Waals surface area (Å²) in [5, 5.41) is 3.29. The van der Waals surface area contributed by atoms with Crippen molar-refractivity contribution in [3.8, 4) is 5.88 Å². The number of fused-ring (bicyclic) bond motifs is 1. The van der Waals surface area contributed by atoms with E-state index in [0.29, 0.717) is 11.4 Å². The topological polar surface area (TPSA) is 86.8 Å². The number of hydrogen-bond acceptors (Lipinski definition) is 6. The fourth-order valence-corrected chi connectivity index (χ4v) is 2.17. The molecule has 0 saturated heterocycles. The first-order chi connectivity index (χ1) is 12.2. The average Bonchev–Trinajstić information content (AvgIpc) is 2.58. The third-order valence-electron chi connectivity index (χ3n) is 3.25. The predicted octanol–water partition coefficient (Wildman–Crippen LogP) is 3.28. The Morgan fingerprint density at radius 2 is 1.85 bits per heavy atom. The number of nitrogens with zero attached hydrogens (tertiary/aromatic N) is 1. The van der Waals surface area contributed by atoms with Gasteiger partial charge in [-0.1, -0.05) is 6.07 Å². The molecule has 7 nitrogen and oxygen atoms in total. The number of pyridine rings is 1. The minimum Gasteiger partial charge on any atom is -0.481 e. The molecule has 0 aliphatic heterocycles. The van der Waals surface area contributed by atoms with Crippen LogP contribution in [0.25, 0.3) is 17.0 Å². The highest BCUT2D eigenvalue weighted by molar-refractivity contribution is 5.97. The van der Waals surface area contributed by atoms with Crippen LogP contribution in [-0.4, -0.2) is 36.9 Å². The van der Waals surface area contributed by atoms with Gasteiger partial charge in [0.2, 0.25) is 5.88 Å². The van der Waals surface area contributed by atoms with Gasteiger partial charge >= 0.3 is 12.1 Å². The molecule has 0 atom stereocenters. The van der Waals surface area contributed by atoms with Crippen molar-refractivity contribution < 1.29 is 23.8 Å². The van der Waals surface area contributed by atoms with Gasteiger partial charge in [-0.25, -0.2) is 14.6 Å². The van der Waals surface area contributed by atoms with Crippen LogP contribution in [-0.2, 0) is 14.3 Å². The van der Waals surface area contributed by atoms with Crippen molar-refractivity contribution in [2.45, 2.75) is 26.4 Å². The van der Waals surface area contributed by atoms with E-state index in [4.69, 9.17) is 14.2 Å². The summed E-state index contributed by atoms with van der Waals surface area (Å²) in [6, 6.07) is 9.01. The number of nitrogens with one attached hydrogen (secondary N) is 1. The van der Waals surface area contributed by atoms with Crippen molar-refractivity contribution in [1.82, 2.24) is 10.3 Å². The highest BCUT2D eigenvalue weighted by Gasteiger charge is 2.20. The Morgan fingerprint density at radius 3 is 2.46 bits per heavy atom. The van der Waals surface area contributed by atoms with Gasteiger partial charge < -0.3 is 14.2 Å². The molecule has 1 heterocycles. The zero-order chi connectivity index (χ0) is 19.3. The van der Waals surface area contributed by atoms with Gasteiger partial charge in [-0.3, -0.25) is 5.32 Å². The molecule has 1 N–H and O–H groups in total. The first-order valence-corrected chi connectivity index (χ1v) is 7.96. The van der Waals surface area contributed by atoms with E-state index in [1.54, 1.807) is 46.1 Å². The number of amides is 1. The van der Waals surface area contributed by atoms with Crippen LogP contribution >= 0.6 is 0 Å². The quantitative estimate of drug-likeness (QED) is 0.667. The van der Waals surface area contributed by atoms with E-state index in [-0.39, 0.29) is 5.70 Å². The molecule has 1 aromatic heterocycles. The second-order valence-electron chi connectivity index (χ2n) is 6.48. The molecule has 0 radical (unpaired) electrons. The molecule has 0 saturated carbocycles. The molecule has 1 aromatic carbocycles. The molecule has 138 valence electrons. The van der Waals surface area contributed by atoms with Gasteiger partial charge in [0, 0.05) is 11.5 Å². The Hall–Kier alpha value is -3.09. The van der Waals surface area contributed by atoms with E-state index in [1.807, 2.05) is 12.1 Å². The van der Waals surface area contributed by atoms with Crippen LogP contribution in [0.2, 0.25) is 0 Å². The van der Waals surface area contributed by atoms with Gasteiger partial charge in [0.1, 0.15) is 11.3 Å². The summed E-state index contributed by atoms with van der Waals surface area (Å²) in [6.07, 6.45) is 0.778. The lowest BCUT2D eigenvalue weighted by Crippen LogP contribution is -2.34. The minimum atomic E-state index is -0.735. The highest BCUT2D eigenvalue weighted by Crippen LogP contribution is 2.19. The first-order valence-electron chi connectivity index (χ1n) is 7.96. The lowest BCUT2D eigenvalue weighted by atomic mass is 10.1. The standard InChI is InChI=1S/C19H22N2O5/c1-19(2,3)26-18(23)21-15(17(22)25-5)11-12-6-8-14-13(10-12)7-9-16(20-14)24-4/h6-11H,1-5H3,(H,21,23). The Morgan fingerprint density at radius 1 is 1.12 bits per heavy atom. The van der Waals surface area contributed by atoms with E-state index in [2.05, 4.69) is 10.3 Å². The second-order valence-corrected chi connectivity index (χ2v) is 6.48. The van der Waals surface area contributed by atoms with Crippen LogP contribution in [0.4, 0.5) is 4.79 Å². The summed E-state index contributed by atoms with van der Waals surface area (Å²) in [6.45, 7) is 5.20. The summed E-state index contributed by atoms with van der Waals surface area (Å²) in [5.74, 6) is -0.161. The normalized spacial score (nSPS) is 11.8. The fraction of sp³-hybridized carbons (Fsp3) is 0.316. The predicted molar refractivity (Wildman–Crippen MR) is 97.7 cm³/mol. The highest BCUT2D eigenvalue weighted by atomic mass is 16.6. The molecule has 0 bridgehead atoms. The monoisotopic (exact) mass is 358 g/mol. The summed E-state index contributed by atoms with van der Waals surface area (Å²) >= 11 is 0. The zero-order valence-corrected chi connectivity index (χ0v) is 15.5. The number of methoxy groups -OCH3 is 2. The molecule has 7 heteroatoms. The van der Waals surface area contributed by atoms with Crippen molar-refractivity contribution in [3.05, 3.63) is 41.6 Å². The lowest BCUT2D eigenvalue weighted by Gasteiger charge is -2.20. The summed E-state index contributed by atoms with van der Waals surface area (Å²) in [4.78, 5) is 28.3. The molecule has 0 aliphatic rings.